The first-order valence-corrected chi connectivity index (χ1v) is 11.2. The van der Waals surface area contributed by atoms with Gasteiger partial charge in [0.2, 0.25) is 0 Å². The molecule has 3 rings (SSSR count). The van der Waals surface area contributed by atoms with Crippen molar-refractivity contribution in [1.29, 1.82) is 0 Å². The van der Waals surface area contributed by atoms with E-state index in [-0.39, 0.29) is 5.92 Å². The molecule has 0 saturated heterocycles. The van der Waals surface area contributed by atoms with Crippen LogP contribution in [-0.2, 0) is 14.5 Å². The van der Waals surface area contributed by atoms with Gasteiger partial charge in [-0.2, -0.15) is 13.2 Å². The maximum Gasteiger partial charge on any atom is 0.397 e. The zero-order valence-corrected chi connectivity index (χ0v) is 17.3. The standard InChI is InChI=1S/C21H31F7O3/c22-16-15(21(26,27)28)20(19(25)18(24)17(16)23)31-14-8-6-13(7-9-14)11-30-29-10-12-4-2-1-3-5-12/h12-20H,1-11H2. The maximum atomic E-state index is 14.2. The van der Waals surface area contributed by atoms with E-state index in [0.29, 0.717) is 44.8 Å². The summed E-state index contributed by atoms with van der Waals surface area (Å²) in [6, 6.07) is 0. The molecule has 6 unspecified atom stereocenters. The highest BCUT2D eigenvalue weighted by Crippen LogP contribution is 2.45. The van der Waals surface area contributed by atoms with E-state index >= 15 is 0 Å². The van der Waals surface area contributed by atoms with Crippen LogP contribution in [0.4, 0.5) is 30.7 Å². The largest absolute Gasteiger partial charge is 0.397 e. The molecular formula is C21H31F7O3. The van der Waals surface area contributed by atoms with Crippen molar-refractivity contribution >= 4 is 0 Å². The van der Waals surface area contributed by atoms with Gasteiger partial charge in [0, 0.05) is 0 Å². The van der Waals surface area contributed by atoms with E-state index in [9.17, 15) is 30.7 Å². The molecule has 31 heavy (non-hydrogen) atoms. The van der Waals surface area contributed by atoms with Crippen LogP contribution in [0.2, 0.25) is 0 Å². The van der Waals surface area contributed by atoms with Gasteiger partial charge in [-0.3, -0.25) is 0 Å². The summed E-state index contributed by atoms with van der Waals surface area (Å²) in [5.41, 5.74) is 0. The van der Waals surface area contributed by atoms with Gasteiger partial charge in [0.25, 0.3) is 0 Å². The summed E-state index contributed by atoms with van der Waals surface area (Å²) in [6.45, 7) is 0.879. The fourth-order valence-corrected chi connectivity index (χ4v) is 4.94. The van der Waals surface area contributed by atoms with Crippen molar-refractivity contribution < 1.29 is 45.2 Å². The highest BCUT2D eigenvalue weighted by Gasteiger charge is 2.63. The molecule has 0 aromatic heterocycles. The number of rotatable bonds is 7. The summed E-state index contributed by atoms with van der Waals surface area (Å²) in [4.78, 5) is 10.6. The Bertz CT molecular complexity index is 536. The third-order valence-electron chi connectivity index (χ3n) is 6.86. The summed E-state index contributed by atoms with van der Waals surface area (Å²) < 4.78 is 100. The van der Waals surface area contributed by atoms with Gasteiger partial charge >= 0.3 is 6.18 Å². The molecular weight excluding hydrogens is 433 g/mol. The minimum Gasteiger partial charge on any atom is -0.371 e. The van der Waals surface area contributed by atoms with Crippen LogP contribution >= 0.6 is 0 Å². The van der Waals surface area contributed by atoms with Crippen LogP contribution in [0.1, 0.15) is 57.8 Å². The molecule has 0 heterocycles. The lowest BCUT2D eigenvalue weighted by molar-refractivity contribution is -0.310. The first kappa shape index (κ1) is 25.0. The van der Waals surface area contributed by atoms with Gasteiger partial charge in [-0.15, -0.1) is 0 Å². The zero-order valence-electron chi connectivity index (χ0n) is 17.3. The van der Waals surface area contributed by atoms with Crippen molar-refractivity contribution in [1.82, 2.24) is 0 Å². The second kappa shape index (κ2) is 11.0. The van der Waals surface area contributed by atoms with Gasteiger partial charge in [-0.05, 0) is 50.4 Å². The summed E-state index contributed by atoms with van der Waals surface area (Å²) in [5.74, 6) is -2.42. The molecule has 10 heteroatoms. The van der Waals surface area contributed by atoms with Crippen LogP contribution in [0.15, 0.2) is 0 Å². The molecule has 0 aromatic rings. The van der Waals surface area contributed by atoms with Crippen molar-refractivity contribution in [2.75, 3.05) is 13.2 Å². The Labute approximate surface area is 177 Å². The Morgan fingerprint density at radius 3 is 1.68 bits per heavy atom. The van der Waals surface area contributed by atoms with Crippen LogP contribution in [0.3, 0.4) is 0 Å². The molecule has 0 aromatic carbocycles. The van der Waals surface area contributed by atoms with E-state index in [1.165, 1.54) is 19.3 Å². The van der Waals surface area contributed by atoms with Gasteiger partial charge < -0.3 is 4.74 Å². The minimum absolute atomic E-state index is 0.107. The van der Waals surface area contributed by atoms with E-state index in [1.54, 1.807) is 0 Å². The molecule has 3 nitrogen and oxygen atoms in total. The second-order valence-electron chi connectivity index (χ2n) is 9.16. The quantitative estimate of drug-likeness (QED) is 0.200. The van der Waals surface area contributed by atoms with Gasteiger partial charge in [0.05, 0.1) is 19.3 Å². The van der Waals surface area contributed by atoms with E-state index in [4.69, 9.17) is 14.5 Å². The highest BCUT2D eigenvalue weighted by atomic mass is 19.4. The van der Waals surface area contributed by atoms with E-state index in [1.807, 2.05) is 0 Å². The van der Waals surface area contributed by atoms with E-state index in [2.05, 4.69) is 0 Å². The van der Waals surface area contributed by atoms with E-state index in [0.717, 1.165) is 12.8 Å². The average molecular weight is 464 g/mol. The third kappa shape index (κ3) is 6.47. The third-order valence-corrected chi connectivity index (χ3v) is 6.86. The molecule has 3 aliphatic rings. The summed E-state index contributed by atoms with van der Waals surface area (Å²) >= 11 is 0. The lowest BCUT2D eigenvalue weighted by atomic mass is 9.80. The molecule has 3 fully saturated rings. The van der Waals surface area contributed by atoms with Gasteiger partial charge in [0.15, 0.2) is 18.5 Å². The predicted molar refractivity (Wildman–Crippen MR) is 98.2 cm³/mol. The zero-order chi connectivity index (χ0) is 22.6. The van der Waals surface area contributed by atoms with Crippen molar-refractivity contribution in [2.24, 2.45) is 17.8 Å². The highest BCUT2D eigenvalue weighted by molar-refractivity contribution is 5.03. The number of ether oxygens (including phenoxy) is 1. The number of hydrogen-bond donors (Lipinski definition) is 0. The lowest BCUT2D eigenvalue weighted by Gasteiger charge is -2.42. The Morgan fingerprint density at radius 2 is 1.13 bits per heavy atom. The molecule has 3 saturated carbocycles. The molecule has 182 valence electrons. The van der Waals surface area contributed by atoms with Crippen LogP contribution < -0.4 is 0 Å². The van der Waals surface area contributed by atoms with Gasteiger partial charge in [0.1, 0.15) is 18.2 Å². The Balaban J connectivity index is 1.43. The molecule has 0 N–H and O–H groups in total. The summed E-state index contributed by atoms with van der Waals surface area (Å²) in [5, 5.41) is 0. The number of alkyl halides is 7. The molecule has 6 atom stereocenters. The molecule has 0 amide bonds. The minimum atomic E-state index is -5.24. The fourth-order valence-electron chi connectivity index (χ4n) is 4.94. The second-order valence-corrected chi connectivity index (χ2v) is 9.16. The Kier molecular flexibility index (Phi) is 8.88. The maximum absolute atomic E-state index is 14.2. The van der Waals surface area contributed by atoms with Crippen molar-refractivity contribution in [3.8, 4) is 0 Å². The normalized spacial score (nSPS) is 40.7. The summed E-state index contributed by atoms with van der Waals surface area (Å²) in [6.07, 6.45) is -13.0. The SMILES string of the molecule is FC1C(F)C(F)C(C(F)(F)F)C(OC2CCC(COOCC3CCCCC3)CC2)C1F. The smallest absolute Gasteiger partial charge is 0.371 e. The van der Waals surface area contributed by atoms with Crippen LogP contribution in [0.5, 0.6) is 0 Å². The molecule has 0 bridgehead atoms. The topological polar surface area (TPSA) is 27.7 Å². The van der Waals surface area contributed by atoms with Crippen molar-refractivity contribution in [2.45, 2.75) is 101 Å². The van der Waals surface area contributed by atoms with Crippen LogP contribution in [-0.4, -0.2) is 56.3 Å². The Hall–Kier alpha value is -0.610. The van der Waals surface area contributed by atoms with Crippen molar-refractivity contribution in [3.63, 3.8) is 0 Å². The number of hydrogen-bond acceptors (Lipinski definition) is 3. The van der Waals surface area contributed by atoms with Crippen molar-refractivity contribution in [3.05, 3.63) is 0 Å². The predicted octanol–water partition coefficient (Wildman–Crippen LogP) is 6.00. The monoisotopic (exact) mass is 464 g/mol. The average Bonchev–Trinajstić information content (AvgIpc) is 2.74. The summed E-state index contributed by atoms with van der Waals surface area (Å²) in [7, 11) is 0. The van der Waals surface area contributed by atoms with Crippen LogP contribution in [0.25, 0.3) is 0 Å². The Morgan fingerprint density at radius 1 is 0.613 bits per heavy atom. The first-order valence-electron chi connectivity index (χ1n) is 11.2. The van der Waals surface area contributed by atoms with Gasteiger partial charge in [-0.25, -0.2) is 27.3 Å². The molecule has 0 spiro atoms. The van der Waals surface area contributed by atoms with Gasteiger partial charge in [-0.1, -0.05) is 19.3 Å². The number of halogens is 7. The van der Waals surface area contributed by atoms with Crippen LogP contribution in [0, 0.1) is 17.8 Å². The van der Waals surface area contributed by atoms with E-state index < -0.39 is 49.0 Å². The lowest BCUT2D eigenvalue weighted by Crippen LogP contribution is -2.60. The first-order chi connectivity index (χ1) is 14.7. The molecule has 0 aliphatic heterocycles. The fraction of sp³-hybridized carbons (Fsp3) is 1.00. The molecule has 0 radical (unpaired) electrons. The molecule has 3 aliphatic carbocycles.